The van der Waals surface area contributed by atoms with Crippen molar-refractivity contribution in [2.24, 2.45) is 5.92 Å². The van der Waals surface area contributed by atoms with Gasteiger partial charge >= 0.3 is 5.97 Å². The fourth-order valence-electron chi connectivity index (χ4n) is 2.75. The highest BCUT2D eigenvalue weighted by Crippen LogP contribution is 2.28. The van der Waals surface area contributed by atoms with E-state index in [9.17, 15) is 9.90 Å². The van der Waals surface area contributed by atoms with Gasteiger partial charge in [-0.15, -0.1) is 0 Å². The standard InChI is InChI=1S/C17H26N2O3/c1-4-11(2)16(17(20)21)19-12(3)9-13-5-6-15-14(10-13)18-7-8-22-15/h5-6,10-12,16,18-19H,4,7-9H2,1-3H3,(H,20,21). The molecule has 22 heavy (non-hydrogen) atoms. The van der Waals surface area contributed by atoms with Crippen LogP contribution in [0.3, 0.4) is 0 Å². The van der Waals surface area contributed by atoms with Gasteiger partial charge in [0.25, 0.3) is 0 Å². The molecule has 2 rings (SSSR count). The third kappa shape index (κ3) is 4.13. The molecular weight excluding hydrogens is 280 g/mol. The molecule has 3 N–H and O–H groups in total. The van der Waals surface area contributed by atoms with Crippen LogP contribution in [0.5, 0.6) is 5.75 Å². The summed E-state index contributed by atoms with van der Waals surface area (Å²) in [5, 5.41) is 15.9. The molecule has 0 aliphatic carbocycles. The SMILES string of the molecule is CCC(C)C(NC(C)Cc1ccc2c(c1)NCCO2)C(=O)O. The lowest BCUT2D eigenvalue weighted by Crippen LogP contribution is -2.46. The molecule has 0 fully saturated rings. The van der Waals surface area contributed by atoms with Crippen molar-refractivity contribution in [3.8, 4) is 5.75 Å². The molecule has 0 radical (unpaired) electrons. The second-order valence-corrected chi connectivity index (χ2v) is 6.08. The molecule has 0 saturated heterocycles. The molecule has 122 valence electrons. The van der Waals surface area contributed by atoms with Crippen LogP contribution in [0.15, 0.2) is 18.2 Å². The summed E-state index contributed by atoms with van der Waals surface area (Å²) in [5.41, 5.74) is 2.19. The first-order valence-electron chi connectivity index (χ1n) is 7.99. The Hall–Kier alpha value is -1.75. The van der Waals surface area contributed by atoms with E-state index in [4.69, 9.17) is 4.74 Å². The van der Waals surface area contributed by atoms with Gasteiger partial charge in [-0.2, -0.15) is 0 Å². The van der Waals surface area contributed by atoms with Crippen LogP contribution in [0.1, 0.15) is 32.8 Å². The predicted octanol–water partition coefficient (Wildman–Crippen LogP) is 2.51. The number of ether oxygens (including phenoxy) is 1. The van der Waals surface area contributed by atoms with Crippen molar-refractivity contribution in [2.75, 3.05) is 18.5 Å². The summed E-state index contributed by atoms with van der Waals surface area (Å²) in [6.45, 7) is 7.53. The average molecular weight is 306 g/mol. The third-order valence-electron chi connectivity index (χ3n) is 4.20. The van der Waals surface area contributed by atoms with Crippen molar-refractivity contribution in [1.82, 2.24) is 5.32 Å². The lowest BCUT2D eigenvalue weighted by Gasteiger charge is -2.25. The molecule has 0 spiro atoms. The number of carboxylic acid groups (broad SMARTS) is 1. The highest BCUT2D eigenvalue weighted by molar-refractivity contribution is 5.73. The molecule has 0 bridgehead atoms. The monoisotopic (exact) mass is 306 g/mol. The minimum atomic E-state index is -0.776. The molecule has 1 aliphatic heterocycles. The molecule has 3 unspecified atom stereocenters. The number of nitrogens with one attached hydrogen (secondary N) is 2. The van der Waals surface area contributed by atoms with Gasteiger partial charge in [0.2, 0.25) is 0 Å². The third-order valence-corrected chi connectivity index (χ3v) is 4.20. The summed E-state index contributed by atoms with van der Waals surface area (Å²) in [7, 11) is 0. The Balaban J connectivity index is 1.99. The van der Waals surface area contributed by atoms with Gasteiger partial charge in [-0.1, -0.05) is 26.3 Å². The Morgan fingerprint density at radius 2 is 2.23 bits per heavy atom. The Kier molecular flexibility index (Phi) is 5.66. The van der Waals surface area contributed by atoms with Crippen molar-refractivity contribution in [2.45, 2.75) is 45.7 Å². The molecule has 0 aromatic heterocycles. The van der Waals surface area contributed by atoms with Crippen molar-refractivity contribution < 1.29 is 14.6 Å². The first-order chi connectivity index (χ1) is 10.5. The average Bonchev–Trinajstić information content (AvgIpc) is 2.51. The number of fused-ring (bicyclic) bond motifs is 1. The number of carbonyl (C=O) groups is 1. The van der Waals surface area contributed by atoms with Crippen LogP contribution in [-0.2, 0) is 11.2 Å². The highest BCUT2D eigenvalue weighted by atomic mass is 16.5. The topological polar surface area (TPSA) is 70.6 Å². The summed E-state index contributed by atoms with van der Waals surface area (Å²) < 4.78 is 5.57. The van der Waals surface area contributed by atoms with Crippen LogP contribution >= 0.6 is 0 Å². The summed E-state index contributed by atoms with van der Waals surface area (Å²) in [5.74, 6) is 0.221. The molecule has 0 saturated carbocycles. The van der Waals surface area contributed by atoms with Crippen molar-refractivity contribution in [1.29, 1.82) is 0 Å². The lowest BCUT2D eigenvalue weighted by molar-refractivity contribution is -0.141. The molecule has 3 atom stereocenters. The first-order valence-corrected chi connectivity index (χ1v) is 7.99. The summed E-state index contributed by atoms with van der Waals surface area (Å²) >= 11 is 0. The Morgan fingerprint density at radius 3 is 2.91 bits per heavy atom. The molecule has 1 aliphatic rings. The number of hydrogen-bond donors (Lipinski definition) is 3. The predicted molar refractivity (Wildman–Crippen MR) is 87.6 cm³/mol. The lowest BCUT2D eigenvalue weighted by atomic mass is 9.97. The highest BCUT2D eigenvalue weighted by Gasteiger charge is 2.24. The molecule has 5 nitrogen and oxygen atoms in total. The maximum atomic E-state index is 11.4. The van der Waals surface area contributed by atoms with E-state index in [-0.39, 0.29) is 12.0 Å². The van der Waals surface area contributed by atoms with Gasteiger partial charge in [-0.05, 0) is 37.0 Å². The van der Waals surface area contributed by atoms with E-state index in [2.05, 4.69) is 16.7 Å². The van der Waals surface area contributed by atoms with Crippen molar-refractivity contribution in [3.05, 3.63) is 23.8 Å². The Morgan fingerprint density at radius 1 is 1.45 bits per heavy atom. The molecule has 0 amide bonds. The van der Waals surface area contributed by atoms with E-state index in [1.807, 2.05) is 32.9 Å². The van der Waals surface area contributed by atoms with Crippen LogP contribution in [0.4, 0.5) is 5.69 Å². The van der Waals surface area contributed by atoms with Crippen LogP contribution in [0.25, 0.3) is 0 Å². The van der Waals surface area contributed by atoms with Crippen LogP contribution < -0.4 is 15.4 Å². The van der Waals surface area contributed by atoms with Gasteiger partial charge in [0.1, 0.15) is 18.4 Å². The summed E-state index contributed by atoms with van der Waals surface area (Å²) in [6, 6.07) is 5.71. The van der Waals surface area contributed by atoms with Crippen LogP contribution in [0, 0.1) is 5.92 Å². The van der Waals surface area contributed by atoms with Gasteiger partial charge < -0.3 is 20.5 Å². The minimum absolute atomic E-state index is 0.0951. The Bertz CT molecular complexity index is 519. The van der Waals surface area contributed by atoms with Gasteiger partial charge in [0.15, 0.2) is 0 Å². The van der Waals surface area contributed by atoms with Gasteiger partial charge in [0, 0.05) is 12.6 Å². The van der Waals surface area contributed by atoms with Crippen molar-refractivity contribution >= 4 is 11.7 Å². The quantitative estimate of drug-likeness (QED) is 0.722. The molecule has 5 heteroatoms. The minimum Gasteiger partial charge on any atom is -0.490 e. The maximum absolute atomic E-state index is 11.4. The zero-order chi connectivity index (χ0) is 16.1. The summed E-state index contributed by atoms with van der Waals surface area (Å²) in [6.07, 6.45) is 1.63. The molecule has 1 heterocycles. The zero-order valence-corrected chi connectivity index (χ0v) is 13.6. The Labute approximate surface area is 132 Å². The van der Waals surface area contributed by atoms with Crippen LogP contribution in [0.2, 0.25) is 0 Å². The zero-order valence-electron chi connectivity index (χ0n) is 13.6. The van der Waals surface area contributed by atoms with Gasteiger partial charge in [-0.25, -0.2) is 0 Å². The largest absolute Gasteiger partial charge is 0.490 e. The number of rotatable bonds is 7. The van der Waals surface area contributed by atoms with Crippen molar-refractivity contribution in [3.63, 3.8) is 0 Å². The normalized spacial score (nSPS) is 17.6. The van der Waals surface area contributed by atoms with E-state index in [0.29, 0.717) is 6.61 Å². The van der Waals surface area contributed by atoms with E-state index in [1.54, 1.807) is 0 Å². The number of anilines is 1. The smallest absolute Gasteiger partial charge is 0.320 e. The van der Waals surface area contributed by atoms with E-state index in [0.717, 1.165) is 30.8 Å². The van der Waals surface area contributed by atoms with E-state index in [1.165, 1.54) is 5.56 Å². The number of aliphatic carboxylic acids is 1. The van der Waals surface area contributed by atoms with Gasteiger partial charge in [0.05, 0.1) is 5.69 Å². The molecular formula is C17H26N2O3. The van der Waals surface area contributed by atoms with E-state index < -0.39 is 12.0 Å². The second kappa shape index (κ2) is 7.49. The summed E-state index contributed by atoms with van der Waals surface area (Å²) in [4.78, 5) is 11.4. The molecule has 1 aromatic rings. The number of carboxylic acids is 1. The van der Waals surface area contributed by atoms with E-state index >= 15 is 0 Å². The maximum Gasteiger partial charge on any atom is 0.320 e. The van der Waals surface area contributed by atoms with Crippen LogP contribution in [-0.4, -0.2) is 36.3 Å². The fraction of sp³-hybridized carbons (Fsp3) is 0.588. The van der Waals surface area contributed by atoms with Gasteiger partial charge in [-0.3, -0.25) is 4.79 Å². The molecule has 1 aromatic carbocycles. The fourth-order valence-corrected chi connectivity index (χ4v) is 2.75. The number of hydrogen-bond acceptors (Lipinski definition) is 4. The number of benzene rings is 1. The first kappa shape index (κ1) is 16.6. The second-order valence-electron chi connectivity index (χ2n) is 6.08.